The summed E-state index contributed by atoms with van der Waals surface area (Å²) in [5.41, 5.74) is 0. The normalized spacial score (nSPS) is 11.1. The Labute approximate surface area is 133 Å². The summed E-state index contributed by atoms with van der Waals surface area (Å²) in [4.78, 5) is 0. The predicted octanol–water partition coefficient (Wildman–Crippen LogP) is 3.52. The van der Waals surface area contributed by atoms with E-state index < -0.39 is 0 Å². The van der Waals surface area contributed by atoms with Crippen LogP contribution in [0.15, 0.2) is 5.16 Å². The molecule has 1 heterocycles. The maximum atomic E-state index is 4.11. The average Bonchev–Trinajstić information content (AvgIpc) is 2.94. The Morgan fingerprint density at radius 2 is 1.71 bits per heavy atom. The summed E-state index contributed by atoms with van der Waals surface area (Å²) >= 11 is 1.78. The molecule has 0 saturated heterocycles. The van der Waals surface area contributed by atoms with Crippen molar-refractivity contribution in [2.24, 2.45) is 0 Å². The van der Waals surface area contributed by atoms with Crippen LogP contribution in [0.2, 0.25) is 0 Å². The Hall–Kier alpha value is -0.620. The molecule has 1 N–H and O–H groups in total. The molecular weight excluding hydrogens is 282 g/mol. The molecule has 0 atom stereocenters. The monoisotopic (exact) mass is 313 g/mol. The van der Waals surface area contributed by atoms with E-state index in [-0.39, 0.29) is 0 Å². The zero-order valence-corrected chi connectivity index (χ0v) is 14.5. The number of rotatable bonds is 14. The third-order valence-electron chi connectivity index (χ3n) is 3.41. The van der Waals surface area contributed by atoms with Crippen LogP contribution in [0.1, 0.15) is 65.2 Å². The van der Waals surface area contributed by atoms with Gasteiger partial charge in [-0.15, -0.1) is 5.10 Å². The molecule has 1 aromatic rings. The summed E-state index contributed by atoms with van der Waals surface area (Å²) in [6, 6.07) is 0. The second-order valence-electron chi connectivity index (χ2n) is 5.40. The number of nitrogens with zero attached hydrogens (tertiary/aromatic N) is 4. The highest BCUT2D eigenvalue weighted by molar-refractivity contribution is 7.99. The molecule has 0 aliphatic heterocycles. The van der Waals surface area contributed by atoms with E-state index in [1.165, 1.54) is 44.9 Å². The lowest BCUT2D eigenvalue weighted by atomic mass is 10.1. The minimum Gasteiger partial charge on any atom is -0.315 e. The lowest BCUT2D eigenvalue weighted by Gasteiger charge is -2.05. The maximum Gasteiger partial charge on any atom is 0.209 e. The molecule has 0 unspecified atom stereocenters. The molecule has 0 aromatic carbocycles. The van der Waals surface area contributed by atoms with E-state index in [1.54, 1.807) is 11.8 Å². The highest BCUT2D eigenvalue weighted by Crippen LogP contribution is 2.16. The fourth-order valence-electron chi connectivity index (χ4n) is 2.15. The van der Waals surface area contributed by atoms with E-state index in [1.807, 2.05) is 4.68 Å². The molecule has 0 aliphatic carbocycles. The Morgan fingerprint density at radius 3 is 2.48 bits per heavy atom. The average molecular weight is 314 g/mol. The fourth-order valence-corrected chi connectivity index (χ4v) is 3.05. The molecule has 6 heteroatoms. The van der Waals surface area contributed by atoms with Gasteiger partial charge in [0.1, 0.15) is 0 Å². The van der Waals surface area contributed by atoms with Gasteiger partial charge in [-0.05, 0) is 29.8 Å². The van der Waals surface area contributed by atoms with Gasteiger partial charge >= 0.3 is 0 Å². The topological polar surface area (TPSA) is 55.6 Å². The number of thioether (sulfide) groups is 1. The smallest absolute Gasteiger partial charge is 0.209 e. The van der Waals surface area contributed by atoms with E-state index >= 15 is 0 Å². The van der Waals surface area contributed by atoms with Crippen LogP contribution < -0.4 is 5.32 Å². The van der Waals surface area contributed by atoms with Crippen LogP contribution in [0.5, 0.6) is 0 Å². The van der Waals surface area contributed by atoms with Gasteiger partial charge in [0.25, 0.3) is 0 Å². The van der Waals surface area contributed by atoms with Gasteiger partial charge in [0.15, 0.2) is 0 Å². The van der Waals surface area contributed by atoms with Crippen molar-refractivity contribution < 1.29 is 0 Å². The molecule has 0 spiro atoms. The van der Waals surface area contributed by atoms with Crippen molar-refractivity contribution >= 4 is 11.8 Å². The first-order chi connectivity index (χ1) is 10.4. The first-order valence-electron chi connectivity index (χ1n) is 8.48. The molecule has 122 valence electrons. The molecule has 0 radical (unpaired) electrons. The SMILES string of the molecule is CCCCCCCCCSc1nnnn1CCNCCC. The molecule has 21 heavy (non-hydrogen) atoms. The minimum atomic E-state index is 0.854. The van der Waals surface area contributed by atoms with Crippen molar-refractivity contribution in [3.63, 3.8) is 0 Å². The summed E-state index contributed by atoms with van der Waals surface area (Å²) in [5.74, 6) is 1.12. The Morgan fingerprint density at radius 1 is 0.952 bits per heavy atom. The largest absolute Gasteiger partial charge is 0.315 e. The van der Waals surface area contributed by atoms with Crippen LogP contribution in [0, 0.1) is 0 Å². The molecular formula is C15H31N5S. The molecule has 0 amide bonds. The van der Waals surface area contributed by atoms with Crippen molar-refractivity contribution in [2.75, 3.05) is 18.8 Å². The van der Waals surface area contributed by atoms with Gasteiger partial charge in [0.2, 0.25) is 5.16 Å². The maximum absolute atomic E-state index is 4.11. The molecule has 0 aliphatic rings. The van der Waals surface area contributed by atoms with E-state index in [0.29, 0.717) is 0 Å². The van der Waals surface area contributed by atoms with E-state index in [0.717, 1.165) is 37.0 Å². The van der Waals surface area contributed by atoms with Crippen LogP contribution in [0.3, 0.4) is 0 Å². The lowest BCUT2D eigenvalue weighted by Crippen LogP contribution is -2.21. The number of hydrogen-bond acceptors (Lipinski definition) is 5. The summed E-state index contributed by atoms with van der Waals surface area (Å²) in [6.07, 6.45) is 10.6. The quantitative estimate of drug-likeness (QED) is 0.421. The first-order valence-corrected chi connectivity index (χ1v) is 9.46. The molecule has 0 bridgehead atoms. The van der Waals surface area contributed by atoms with Crippen LogP contribution in [-0.2, 0) is 6.54 Å². The second kappa shape index (κ2) is 13.1. The predicted molar refractivity (Wildman–Crippen MR) is 89.7 cm³/mol. The molecule has 1 aromatic heterocycles. The summed E-state index contributed by atoms with van der Waals surface area (Å²) in [5, 5.41) is 16.3. The summed E-state index contributed by atoms with van der Waals surface area (Å²) in [6.45, 7) is 7.28. The van der Waals surface area contributed by atoms with Crippen molar-refractivity contribution in [1.29, 1.82) is 0 Å². The van der Waals surface area contributed by atoms with Crippen LogP contribution in [-0.4, -0.2) is 39.0 Å². The van der Waals surface area contributed by atoms with E-state index in [4.69, 9.17) is 0 Å². The Kier molecular flexibility index (Phi) is 11.5. The van der Waals surface area contributed by atoms with Gasteiger partial charge in [0.05, 0.1) is 6.54 Å². The fraction of sp³-hybridized carbons (Fsp3) is 0.933. The van der Waals surface area contributed by atoms with E-state index in [9.17, 15) is 0 Å². The lowest BCUT2D eigenvalue weighted by molar-refractivity contribution is 0.510. The minimum absolute atomic E-state index is 0.854. The highest BCUT2D eigenvalue weighted by Gasteiger charge is 2.05. The third kappa shape index (κ3) is 9.09. The van der Waals surface area contributed by atoms with Gasteiger partial charge in [0, 0.05) is 12.3 Å². The van der Waals surface area contributed by atoms with Crippen molar-refractivity contribution in [1.82, 2.24) is 25.5 Å². The van der Waals surface area contributed by atoms with Gasteiger partial charge in [-0.25, -0.2) is 4.68 Å². The zero-order valence-electron chi connectivity index (χ0n) is 13.7. The van der Waals surface area contributed by atoms with Crippen LogP contribution in [0.4, 0.5) is 0 Å². The van der Waals surface area contributed by atoms with Crippen molar-refractivity contribution in [3.8, 4) is 0 Å². The van der Waals surface area contributed by atoms with Gasteiger partial charge in [-0.2, -0.15) is 0 Å². The number of tetrazole rings is 1. The van der Waals surface area contributed by atoms with Crippen LogP contribution in [0.25, 0.3) is 0 Å². The number of nitrogens with one attached hydrogen (secondary N) is 1. The second-order valence-corrected chi connectivity index (χ2v) is 6.47. The summed E-state index contributed by atoms with van der Waals surface area (Å²) < 4.78 is 1.91. The van der Waals surface area contributed by atoms with E-state index in [2.05, 4.69) is 34.7 Å². The Bertz CT molecular complexity index is 343. The standard InChI is InChI=1S/C15H31N5S/c1-3-5-6-7-8-9-10-14-21-15-17-18-19-20(15)13-12-16-11-4-2/h16H,3-14H2,1-2H3. The highest BCUT2D eigenvalue weighted by atomic mass is 32.2. The third-order valence-corrected chi connectivity index (χ3v) is 4.45. The van der Waals surface area contributed by atoms with Gasteiger partial charge in [-0.1, -0.05) is 64.1 Å². The van der Waals surface area contributed by atoms with Crippen molar-refractivity contribution in [3.05, 3.63) is 0 Å². The zero-order chi connectivity index (χ0) is 15.2. The molecule has 0 fully saturated rings. The number of hydrogen-bond donors (Lipinski definition) is 1. The van der Waals surface area contributed by atoms with Gasteiger partial charge < -0.3 is 5.32 Å². The Balaban J connectivity index is 2.05. The first kappa shape index (κ1) is 18.4. The molecule has 1 rings (SSSR count). The molecule has 5 nitrogen and oxygen atoms in total. The summed E-state index contributed by atoms with van der Waals surface area (Å²) in [7, 11) is 0. The molecule has 0 saturated carbocycles. The van der Waals surface area contributed by atoms with Crippen LogP contribution >= 0.6 is 11.8 Å². The number of aromatic nitrogens is 4. The number of unbranched alkanes of at least 4 members (excludes halogenated alkanes) is 6. The van der Waals surface area contributed by atoms with Crippen molar-refractivity contribution in [2.45, 2.75) is 76.9 Å². The van der Waals surface area contributed by atoms with Gasteiger partial charge in [-0.3, -0.25) is 0 Å².